The zero-order valence-corrected chi connectivity index (χ0v) is 45.4. The maximum Gasteiger partial charge on any atom is 0.407 e. The number of hydrazine groups is 1. The monoisotopic (exact) mass is 1170 g/mol. The second-order valence-electron chi connectivity index (χ2n) is 21.1. The van der Waals surface area contributed by atoms with Crippen LogP contribution in [0.2, 0.25) is 0 Å². The van der Waals surface area contributed by atoms with Gasteiger partial charge >= 0.3 is 24.5 Å². The third-order valence-corrected chi connectivity index (χ3v) is 14.6. The number of allylic oxidation sites excluding steroid dienone is 1. The van der Waals surface area contributed by atoms with Gasteiger partial charge in [-0.15, -0.1) is 0 Å². The molecule has 2 unspecified atom stereocenters. The molecule has 3 aliphatic heterocycles. The zero-order valence-electron chi connectivity index (χ0n) is 45.4. The van der Waals surface area contributed by atoms with Crippen molar-refractivity contribution in [2.45, 2.75) is 115 Å². The minimum atomic E-state index is -5.23. The van der Waals surface area contributed by atoms with Crippen LogP contribution in [0.1, 0.15) is 68.4 Å². The number of nitrogens with one attached hydrogen (secondary N) is 6. The lowest BCUT2D eigenvalue weighted by Gasteiger charge is -2.47. The smallest absolute Gasteiger partial charge is 0.407 e. The first-order valence-corrected chi connectivity index (χ1v) is 25.7. The van der Waals surface area contributed by atoms with Gasteiger partial charge in [-0.2, -0.15) is 26.3 Å². The van der Waals surface area contributed by atoms with Crippen LogP contribution in [0.4, 0.5) is 59.3 Å². The second kappa shape index (κ2) is 26.8. The van der Waals surface area contributed by atoms with Crippen molar-refractivity contribution >= 4 is 35.5 Å². The Hall–Kier alpha value is -7.22. The fourth-order valence-corrected chi connectivity index (χ4v) is 9.48. The number of benzene rings is 2. The first kappa shape index (κ1) is 64.0. The van der Waals surface area contributed by atoms with Crippen LogP contribution in [0.15, 0.2) is 67.0 Å². The molecule has 6 rings (SSSR count). The Labute approximate surface area is 466 Å². The van der Waals surface area contributed by atoms with E-state index in [4.69, 9.17) is 10.1 Å². The van der Waals surface area contributed by atoms with Crippen LogP contribution in [-0.2, 0) is 36.8 Å². The van der Waals surface area contributed by atoms with Crippen LogP contribution in [0, 0.1) is 39.7 Å². The van der Waals surface area contributed by atoms with Gasteiger partial charge in [-0.25, -0.2) is 37.1 Å². The van der Waals surface area contributed by atoms with Gasteiger partial charge < -0.3 is 50.9 Å². The SMILES string of the molecule is COC(=O)N[C@H](C(=O)N[C@@H](Cc1ccc(C#Cc2ccc(N3CC4CCC(C3)N4C3COC3)nc2)cc1)[C@@H](O)CN(Cc1c(F)cc(C(=N)/C=C\NCC(F)F)cc1F)NC(=O)[C@@H](NC(=O)OC)C(C)(C)C(F)(F)F)C(C)(C)C(F)(F)F. The van der Waals surface area contributed by atoms with Crippen LogP contribution in [-0.4, -0.2) is 164 Å². The number of pyridine rings is 1. The van der Waals surface area contributed by atoms with Crippen molar-refractivity contribution in [2.24, 2.45) is 10.8 Å². The van der Waals surface area contributed by atoms with E-state index in [1.807, 2.05) is 22.9 Å². The van der Waals surface area contributed by atoms with E-state index in [1.165, 1.54) is 12.1 Å². The van der Waals surface area contributed by atoms with Crippen molar-refractivity contribution in [1.29, 1.82) is 5.41 Å². The summed E-state index contributed by atoms with van der Waals surface area (Å²) in [7, 11) is 1.60. The number of carbonyl (C=O) groups excluding carboxylic acids is 4. The summed E-state index contributed by atoms with van der Waals surface area (Å²) in [6, 6.07) is 5.49. The molecule has 2 aromatic carbocycles. The summed E-state index contributed by atoms with van der Waals surface area (Å²) in [4.78, 5) is 62.4. The minimum Gasteiger partial charge on any atom is -0.453 e. The summed E-state index contributed by atoms with van der Waals surface area (Å²) in [6.45, 7) is 2.32. The van der Waals surface area contributed by atoms with E-state index in [0.29, 0.717) is 74.1 Å². The highest BCUT2D eigenvalue weighted by Crippen LogP contribution is 2.42. The molecule has 1 aromatic heterocycles. The highest BCUT2D eigenvalue weighted by atomic mass is 19.4. The Morgan fingerprint density at radius 2 is 1.35 bits per heavy atom. The summed E-state index contributed by atoms with van der Waals surface area (Å²) in [5.74, 6) is 0.740. The standard InChI is InChI=1S/C54H64F10N10O8/c1-51(2,53(59,60)61)45(69-49(78)80-5)47(76)68-41(19-31-10-7-30(8-11-31)9-12-32-13-16-44(67-22-32)72-24-34-14-15-35(25-72)74(34)36-28-82-29-36)42(75)27-73(71-48(77)46(70-50(79)81-6)52(3,4)54(62,63)64)26-37-38(55)20-33(21-39(37)56)40(65)17-18-66-23-43(57)58/h7-8,10-11,13,16-18,20-22,34-36,41-43,45-46,65-66,75H,14-15,19,23-29H2,1-6H3,(H,68,76)(H,69,78)(H,70,79)(H,71,77)/b18-17-,65-40?/t34?,35?,41-,42-,45+,46+/m0/s1. The largest absolute Gasteiger partial charge is 0.453 e. The van der Waals surface area contributed by atoms with Crippen LogP contribution < -0.4 is 31.6 Å². The lowest BCUT2D eigenvalue weighted by atomic mass is 9.82. The van der Waals surface area contributed by atoms with Gasteiger partial charge in [-0.3, -0.25) is 19.9 Å². The number of nitrogens with zero attached hydrogens (tertiary/aromatic N) is 4. The van der Waals surface area contributed by atoms with Crippen LogP contribution >= 0.6 is 0 Å². The summed E-state index contributed by atoms with van der Waals surface area (Å²) in [6.07, 6.45) is -13.1. The lowest BCUT2D eigenvalue weighted by Crippen LogP contribution is -2.63. The van der Waals surface area contributed by atoms with E-state index < -0.39 is 132 Å². The molecule has 2 bridgehead atoms. The molecule has 3 aromatic rings. The number of carbonyl (C=O) groups is 4. The molecule has 4 heterocycles. The number of piperazine rings is 1. The quantitative estimate of drug-likeness (QED) is 0.0262. The van der Waals surface area contributed by atoms with E-state index in [-0.39, 0.29) is 5.56 Å². The van der Waals surface area contributed by atoms with Crippen LogP contribution in [0.25, 0.3) is 0 Å². The van der Waals surface area contributed by atoms with Crippen molar-refractivity contribution in [3.63, 3.8) is 0 Å². The number of methoxy groups -OCH3 is 2. The number of alkyl carbamates (subject to hydrolysis) is 2. The zero-order chi connectivity index (χ0) is 60.5. The highest BCUT2D eigenvalue weighted by Gasteiger charge is 2.57. The number of halogens is 10. The Bertz CT molecular complexity index is 2810. The normalized spacial score (nSPS) is 18.4. The Morgan fingerprint density at radius 1 is 0.817 bits per heavy atom. The van der Waals surface area contributed by atoms with Crippen LogP contribution in [0.3, 0.4) is 0 Å². The van der Waals surface area contributed by atoms with Gasteiger partial charge in [0.15, 0.2) is 0 Å². The predicted molar refractivity (Wildman–Crippen MR) is 277 cm³/mol. The summed E-state index contributed by atoms with van der Waals surface area (Å²) < 4.78 is 159. The second-order valence-corrected chi connectivity index (χ2v) is 21.1. The molecule has 3 fully saturated rings. The minimum absolute atomic E-state index is 0.269. The van der Waals surface area contributed by atoms with E-state index in [0.717, 1.165) is 71.5 Å². The number of anilines is 1. The van der Waals surface area contributed by atoms with Gasteiger partial charge in [0.25, 0.3) is 12.3 Å². The van der Waals surface area contributed by atoms with Crippen molar-refractivity contribution < 1.29 is 82.4 Å². The number of amides is 4. The molecule has 82 heavy (non-hydrogen) atoms. The van der Waals surface area contributed by atoms with Gasteiger partial charge in [0, 0.05) is 66.7 Å². The molecule has 448 valence electrons. The maximum atomic E-state index is 16.0. The van der Waals surface area contributed by atoms with E-state index in [9.17, 15) is 59.4 Å². The third kappa shape index (κ3) is 15.9. The number of ether oxygens (including phenoxy) is 3. The molecular weight excluding hydrogens is 1110 g/mol. The number of hydrogen-bond donors (Lipinski definition) is 7. The first-order chi connectivity index (χ1) is 38.4. The van der Waals surface area contributed by atoms with Gasteiger partial charge in [0.2, 0.25) is 5.91 Å². The number of aromatic nitrogens is 1. The summed E-state index contributed by atoms with van der Waals surface area (Å²) in [5, 5.41) is 28.9. The number of aliphatic hydroxyl groups is 1. The molecule has 0 spiro atoms. The summed E-state index contributed by atoms with van der Waals surface area (Å²) >= 11 is 0. The molecule has 0 radical (unpaired) electrons. The highest BCUT2D eigenvalue weighted by molar-refractivity contribution is 6.06. The molecule has 6 atom stereocenters. The number of alkyl halides is 8. The molecule has 28 heteroatoms. The van der Waals surface area contributed by atoms with Crippen molar-refractivity contribution in [3.8, 4) is 11.8 Å². The molecule has 0 aliphatic carbocycles. The maximum absolute atomic E-state index is 16.0. The molecule has 18 nitrogen and oxygen atoms in total. The fraction of sp³-hybridized carbons (Fsp3) is 0.519. The van der Waals surface area contributed by atoms with Gasteiger partial charge in [-0.1, -0.05) is 24.0 Å². The number of fused-ring (bicyclic) bond motifs is 2. The van der Waals surface area contributed by atoms with Crippen LogP contribution in [0.5, 0.6) is 0 Å². The molecule has 0 saturated carbocycles. The van der Waals surface area contributed by atoms with Gasteiger partial charge in [-0.05, 0) is 101 Å². The molecule has 3 aliphatic rings. The van der Waals surface area contributed by atoms with E-state index >= 15 is 8.78 Å². The van der Waals surface area contributed by atoms with Gasteiger partial charge in [0.1, 0.15) is 29.5 Å². The fourth-order valence-electron chi connectivity index (χ4n) is 9.48. The number of hydrogen-bond acceptors (Lipinski definition) is 14. The van der Waals surface area contributed by atoms with E-state index in [2.05, 4.69) is 46.7 Å². The summed E-state index contributed by atoms with van der Waals surface area (Å²) in [5.41, 5.74) is -4.80. The topological polar surface area (TPSA) is 223 Å². The molecule has 7 N–H and O–H groups in total. The first-order valence-electron chi connectivity index (χ1n) is 25.7. The number of aliphatic hydroxyl groups excluding tert-OH is 1. The predicted octanol–water partition coefficient (Wildman–Crippen LogP) is 6.10. The molecule has 4 amide bonds. The Balaban J connectivity index is 1.31. The third-order valence-electron chi connectivity index (χ3n) is 14.6. The van der Waals surface area contributed by atoms with Crippen molar-refractivity contribution in [3.05, 3.63) is 106 Å². The Morgan fingerprint density at radius 3 is 1.84 bits per heavy atom. The lowest BCUT2D eigenvalue weighted by molar-refractivity contribution is -0.221. The Kier molecular flexibility index (Phi) is 20.9. The molecular formula is C54H64F10N10O8. The number of rotatable bonds is 22. The average Bonchev–Trinajstić information content (AvgIpc) is 3.89. The van der Waals surface area contributed by atoms with Gasteiger partial charge in [0.05, 0.1) is 68.7 Å². The van der Waals surface area contributed by atoms with Crippen molar-refractivity contribution in [2.75, 3.05) is 58.5 Å². The van der Waals surface area contributed by atoms with E-state index in [1.54, 1.807) is 23.6 Å². The van der Waals surface area contributed by atoms with Crippen molar-refractivity contribution in [1.82, 2.24) is 41.6 Å². The molecule has 3 saturated heterocycles. The average molecular weight is 1170 g/mol.